The molecule has 0 unspecified atom stereocenters. The van der Waals surface area contributed by atoms with Crippen molar-refractivity contribution in [3.8, 4) is 0 Å². The van der Waals surface area contributed by atoms with E-state index in [9.17, 15) is 9.59 Å². The van der Waals surface area contributed by atoms with Crippen LogP contribution in [0.4, 0.5) is 0 Å². The average Bonchev–Trinajstić information content (AvgIpc) is 2.66. The van der Waals surface area contributed by atoms with Crippen LogP contribution in [0.25, 0.3) is 6.08 Å². The van der Waals surface area contributed by atoms with E-state index in [1.807, 2.05) is 12.1 Å². The van der Waals surface area contributed by atoms with Gasteiger partial charge in [0.15, 0.2) is 0 Å². The van der Waals surface area contributed by atoms with E-state index in [2.05, 4.69) is 18.8 Å². The number of carbonyl (C=O) groups excluding carboxylic acids is 2. The SMILES string of the molecule is C=Cc1ccc(C(=O)NC(C)(C)C(=O)OCCCCCCCCCC)cc1. The summed E-state index contributed by atoms with van der Waals surface area (Å²) in [6.45, 7) is 9.64. The predicted octanol–water partition coefficient (Wildman–Crippen LogP) is 5.52. The van der Waals surface area contributed by atoms with Crippen molar-refractivity contribution < 1.29 is 14.3 Å². The number of ether oxygens (including phenoxy) is 1. The Hall–Kier alpha value is -2.10. The monoisotopic (exact) mass is 373 g/mol. The number of amides is 1. The molecule has 0 aliphatic carbocycles. The van der Waals surface area contributed by atoms with Gasteiger partial charge in [-0.3, -0.25) is 4.79 Å². The maximum absolute atomic E-state index is 12.3. The minimum atomic E-state index is -1.06. The molecule has 1 amide bonds. The third-order valence-electron chi connectivity index (χ3n) is 4.58. The van der Waals surface area contributed by atoms with Crippen molar-refractivity contribution in [2.75, 3.05) is 6.61 Å². The molecule has 0 atom stereocenters. The summed E-state index contributed by atoms with van der Waals surface area (Å²) in [6.07, 6.45) is 11.3. The highest BCUT2D eigenvalue weighted by atomic mass is 16.5. The van der Waals surface area contributed by atoms with E-state index in [0.29, 0.717) is 12.2 Å². The van der Waals surface area contributed by atoms with Gasteiger partial charge in [0, 0.05) is 5.56 Å². The van der Waals surface area contributed by atoms with Crippen molar-refractivity contribution in [2.24, 2.45) is 0 Å². The van der Waals surface area contributed by atoms with Crippen molar-refractivity contribution >= 4 is 18.0 Å². The van der Waals surface area contributed by atoms with E-state index in [1.54, 1.807) is 32.1 Å². The van der Waals surface area contributed by atoms with Crippen molar-refractivity contribution in [2.45, 2.75) is 77.7 Å². The number of esters is 1. The first-order chi connectivity index (χ1) is 12.9. The predicted molar refractivity (Wildman–Crippen MR) is 112 cm³/mol. The first-order valence-electron chi connectivity index (χ1n) is 10.1. The summed E-state index contributed by atoms with van der Waals surface area (Å²) in [5.41, 5.74) is 0.383. The summed E-state index contributed by atoms with van der Waals surface area (Å²) in [5, 5.41) is 2.75. The van der Waals surface area contributed by atoms with Crippen molar-refractivity contribution in [3.63, 3.8) is 0 Å². The molecule has 0 spiro atoms. The van der Waals surface area contributed by atoms with Gasteiger partial charge in [0.1, 0.15) is 5.54 Å². The summed E-state index contributed by atoms with van der Waals surface area (Å²) >= 11 is 0. The summed E-state index contributed by atoms with van der Waals surface area (Å²) in [4.78, 5) is 24.6. The molecule has 1 aromatic rings. The van der Waals surface area contributed by atoms with Crippen LogP contribution in [0.15, 0.2) is 30.8 Å². The normalized spacial score (nSPS) is 11.1. The van der Waals surface area contributed by atoms with Gasteiger partial charge in [-0.2, -0.15) is 0 Å². The van der Waals surface area contributed by atoms with Crippen LogP contribution >= 0.6 is 0 Å². The number of hydrogen-bond acceptors (Lipinski definition) is 3. The minimum Gasteiger partial charge on any atom is -0.464 e. The molecular weight excluding hydrogens is 338 g/mol. The van der Waals surface area contributed by atoms with Crippen LogP contribution in [0, 0.1) is 0 Å². The molecule has 0 saturated carbocycles. The topological polar surface area (TPSA) is 55.4 Å². The molecule has 1 rings (SSSR count). The Morgan fingerprint density at radius 2 is 1.56 bits per heavy atom. The lowest BCUT2D eigenvalue weighted by Gasteiger charge is -2.24. The molecule has 150 valence electrons. The maximum atomic E-state index is 12.3. The zero-order valence-electron chi connectivity index (χ0n) is 17.2. The molecule has 0 saturated heterocycles. The van der Waals surface area contributed by atoms with Gasteiger partial charge in [0.25, 0.3) is 5.91 Å². The largest absolute Gasteiger partial charge is 0.464 e. The van der Waals surface area contributed by atoms with Gasteiger partial charge >= 0.3 is 5.97 Å². The summed E-state index contributed by atoms with van der Waals surface area (Å²) in [5.74, 6) is -0.693. The lowest BCUT2D eigenvalue weighted by atomic mass is 10.0. The van der Waals surface area contributed by atoms with Gasteiger partial charge in [0.2, 0.25) is 0 Å². The Balaban J connectivity index is 2.29. The van der Waals surface area contributed by atoms with E-state index in [4.69, 9.17) is 4.74 Å². The molecule has 1 aromatic carbocycles. The average molecular weight is 374 g/mol. The smallest absolute Gasteiger partial charge is 0.331 e. The lowest BCUT2D eigenvalue weighted by molar-refractivity contribution is -0.150. The summed E-state index contributed by atoms with van der Waals surface area (Å²) in [6, 6.07) is 7.06. The number of nitrogens with one attached hydrogen (secondary N) is 1. The van der Waals surface area contributed by atoms with E-state index < -0.39 is 11.5 Å². The van der Waals surface area contributed by atoms with E-state index in [0.717, 1.165) is 18.4 Å². The highest BCUT2D eigenvalue weighted by molar-refractivity contribution is 5.98. The summed E-state index contributed by atoms with van der Waals surface area (Å²) in [7, 11) is 0. The minimum absolute atomic E-state index is 0.292. The second-order valence-electron chi connectivity index (χ2n) is 7.52. The van der Waals surface area contributed by atoms with Gasteiger partial charge in [-0.1, -0.05) is 76.7 Å². The fourth-order valence-electron chi connectivity index (χ4n) is 2.76. The molecule has 0 heterocycles. The van der Waals surface area contributed by atoms with Crippen molar-refractivity contribution in [1.82, 2.24) is 5.32 Å². The Kier molecular flexibility index (Phi) is 10.5. The van der Waals surface area contributed by atoms with Crippen LogP contribution in [-0.4, -0.2) is 24.0 Å². The molecule has 0 aromatic heterocycles. The van der Waals surface area contributed by atoms with Crippen LogP contribution in [0.1, 0.15) is 88.1 Å². The molecule has 0 aliphatic heterocycles. The third kappa shape index (κ3) is 8.89. The Morgan fingerprint density at radius 1 is 1.00 bits per heavy atom. The van der Waals surface area contributed by atoms with Gasteiger partial charge in [0.05, 0.1) is 6.61 Å². The summed E-state index contributed by atoms with van der Waals surface area (Å²) < 4.78 is 5.36. The Morgan fingerprint density at radius 3 is 2.11 bits per heavy atom. The molecule has 4 nitrogen and oxygen atoms in total. The molecule has 4 heteroatoms. The quantitative estimate of drug-likeness (QED) is 0.366. The molecule has 0 fully saturated rings. The van der Waals surface area contributed by atoms with Gasteiger partial charge in [-0.15, -0.1) is 0 Å². The maximum Gasteiger partial charge on any atom is 0.331 e. The fraction of sp³-hybridized carbons (Fsp3) is 0.565. The highest BCUT2D eigenvalue weighted by Gasteiger charge is 2.31. The van der Waals surface area contributed by atoms with Crippen LogP contribution < -0.4 is 5.32 Å². The molecule has 1 N–H and O–H groups in total. The van der Waals surface area contributed by atoms with Crippen molar-refractivity contribution in [1.29, 1.82) is 0 Å². The van der Waals surface area contributed by atoms with Crippen molar-refractivity contribution in [3.05, 3.63) is 42.0 Å². The van der Waals surface area contributed by atoms with Crippen LogP contribution in [0.3, 0.4) is 0 Å². The Labute approximate surface area is 164 Å². The number of benzene rings is 1. The zero-order chi connectivity index (χ0) is 20.1. The second kappa shape index (κ2) is 12.3. The first kappa shape index (κ1) is 22.9. The van der Waals surface area contributed by atoms with Gasteiger partial charge in [-0.25, -0.2) is 4.79 Å². The lowest BCUT2D eigenvalue weighted by Crippen LogP contribution is -2.50. The second-order valence-corrected chi connectivity index (χ2v) is 7.52. The fourth-order valence-corrected chi connectivity index (χ4v) is 2.76. The van der Waals surface area contributed by atoms with Gasteiger partial charge in [-0.05, 0) is 38.0 Å². The van der Waals surface area contributed by atoms with E-state index in [-0.39, 0.29) is 5.91 Å². The van der Waals surface area contributed by atoms with Crippen LogP contribution in [0.5, 0.6) is 0 Å². The van der Waals surface area contributed by atoms with Crippen LogP contribution in [0.2, 0.25) is 0 Å². The Bertz CT molecular complexity index is 590. The standard InChI is InChI=1S/C23H35NO3/c1-5-7-8-9-10-11-12-13-18-27-22(26)23(3,4)24-21(25)20-16-14-19(6-2)15-17-20/h6,14-17H,2,5,7-13,18H2,1,3-4H3,(H,24,25). The molecule has 0 radical (unpaired) electrons. The number of hydrogen-bond donors (Lipinski definition) is 1. The zero-order valence-corrected chi connectivity index (χ0v) is 17.2. The number of rotatable bonds is 13. The van der Waals surface area contributed by atoms with Gasteiger partial charge < -0.3 is 10.1 Å². The third-order valence-corrected chi connectivity index (χ3v) is 4.58. The number of unbranched alkanes of at least 4 members (excludes halogenated alkanes) is 7. The molecule has 27 heavy (non-hydrogen) atoms. The number of carbonyl (C=O) groups is 2. The molecular formula is C23H35NO3. The molecule has 0 aliphatic rings. The molecule has 0 bridgehead atoms. The highest BCUT2D eigenvalue weighted by Crippen LogP contribution is 2.12. The first-order valence-corrected chi connectivity index (χ1v) is 10.1. The van der Waals surface area contributed by atoms with E-state index in [1.165, 1.54) is 38.5 Å². The van der Waals surface area contributed by atoms with E-state index >= 15 is 0 Å². The van der Waals surface area contributed by atoms with Crippen LogP contribution in [-0.2, 0) is 9.53 Å².